The van der Waals surface area contributed by atoms with E-state index in [-0.39, 0.29) is 0 Å². The first-order valence-corrected chi connectivity index (χ1v) is 6.76. The topological polar surface area (TPSA) is 62.5 Å². The highest BCUT2D eigenvalue weighted by Crippen LogP contribution is 2.18. The molecule has 0 spiro atoms. The molecule has 4 nitrogen and oxygen atoms in total. The van der Waals surface area contributed by atoms with E-state index in [2.05, 4.69) is 5.32 Å². The Labute approximate surface area is 106 Å². The molecule has 1 rings (SSSR count). The van der Waals surface area contributed by atoms with Crippen molar-refractivity contribution in [1.82, 2.24) is 5.32 Å². The molecule has 1 unspecified atom stereocenters. The lowest BCUT2D eigenvalue weighted by Gasteiger charge is -2.23. The number of hydrogen-bond acceptors (Lipinski definition) is 4. The number of thioether (sulfide) groups is 1. The molecule has 1 aromatic rings. The van der Waals surface area contributed by atoms with Crippen LogP contribution in [0.15, 0.2) is 22.8 Å². The van der Waals surface area contributed by atoms with Crippen LogP contribution in [0.1, 0.15) is 25.5 Å². The normalized spacial score (nSPS) is 14.5. The summed E-state index contributed by atoms with van der Waals surface area (Å²) in [6.07, 6.45) is 3.16. The van der Waals surface area contributed by atoms with E-state index in [0.717, 1.165) is 23.7 Å². The third kappa shape index (κ3) is 4.44. The molecular weight excluding hydrogens is 238 g/mol. The van der Waals surface area contributed by atoms with Gasteiger partial charge < -0.3 is 14.8 Å². The van der Waals surface area contributed by atoms with Gasteiger partial charge in [0.05, 0.1) is 12.0 Å². The molecule has 1 atom stereocenters. The molecule has 0 aliphatic heterocycles. The predicted molar refractivity (Wildman–Crippen MR) is 69.2 cm³/mol. The van der Waals surface area contributed by atoms with Crippen molar-refractivity contribution in [1.29, 1.82) is 0 Å². The largest absolute Gasteiger partial charge is 0.480 e. The van der Waals surface area contributed by atoms with E-state index in [1.54, 1.807) is 32.0 Å². The van der Waals surface area contributed by atoms with Crippen LogP contribution in [0, 0.1) is 0 Å². The molecule has 2 N–H and O–H groups in total. The quantitative estimate of drug-likeness (QED) is 0.700. The number of hydrogen-bond donors (Lipinski definition) is 2. The fourth-order valence-electron chi connectivity index (χ4n) is 1.43. The average Bonchev–Trinajstić information content (AvgIpc) is 2.81. The molecule has 0 fully saturated rings. The summed E-state index contributed by atoms with van der Waals surface area (Å²) in [5.74, 6) is 1.95. The Bertz CT molecular complexity index is 340. The molecule has 1 heterocycles. The number of likely N-dealkylation sites (N-methyl/N-ethyl adjacent to an activating group) is 1. The zero-order chi connectivity index (χ0) is 12.7. The fourth-order valence-corrected chi connectivity index (χ4v) is 2.29. The van der Waals surface area contributed by atoms with Gasteiger partial charge in [-0.2, -0.15) is 11.8 Å². The zero-order valence-electron chi connectivity index (χ0n) is 10.2. The predicted octanol–water partition coefficient (Wildman–Crippen LogP) is 2.36. The standard InChI is InChI=1S/C12H19NO3S/c1-12(13-2,11(14)15)6-4-8-17-9-10-5-3-7-16-10/h3,5,7,13H,4,6,8-9H2,1-2H3,(H,14,15). The smallest absolute Gasteiger partial charge is 0.323 e. The number of carbonyl (C=O) groups is 1. The number of aliphatic carboxylic acids is 1. The minimum Gasteiger partial charge on any atom is -0.480 e. The second kappa shape index (κ2) is 6.71. The minimum absolute atomic E-state index is 0.629. The second-order valence-electron chi connectivity index (χ2n) is 4.12. The molecule has 0 bridgehead atoms. The van der Waals surface area contributed by atoms with E-state index in [0.29, 0.717) is 6.42 Å². The molecule has 1 aromatic heterocycles. The van der Waals surface area contributed by atoms with E-state index >= 15 is 0 Å². The lowest BCUT2D eigenvalue weighted by atomic mass is 9.97. The maximum absolute atomic E-state index is 11.0. The van der Waals surface area contributed by atoms with Crippen LogP contribution < -0.4 is 5.32 Å². The second-order valence-corrected chi connectivity index (χ2v) is 5.23. The van der Waals surface area contributed by atoms with Gasteiger partial charge in [-0.1, -0.05) is 0 Å². The Kier molecular flexibility index (Phi) is 5.58. The SMILES string of the molecule is CNC(C)(CCCSCc1ccco1)C(=O)O. The maximum Gasteiger partial charge on any atom is 0.323 e. The van der Waals surface area contributed by atoms with Crippen LogP contribution in [0.3, 0.4) is 0 Å². The van der Waals surface area contributed by atoms with Crippen LogP contribution >= 0.6 is 11.8 Å². The summed E-state index contributed by atoms with van der Waals surface area (Å²) in [6.45, 7) is 1.71. The van der Waals surface area contributed by atoms with E-state index in [1.807, 2.05) is 12.1 Å². The van der Waals surface area contributed by atoms with Crippen LogP contribution in [0.4, 0.5) is 0 Å². The van der Waals surface area contributed by atoms with Gasteiger partial charge >= 0.3 is 5.97 Å². The number of rotatable bonds is 8. The van der Waals surface area contributed by atoms with Crippen LogP contribution in [0.25, 0.3) is 0 Å². The van der Waals surface area contributed by atoms with Crippen molar-refractivity contribution in [2.24, 2.45) is 0 Å². The summed E-state index contributed by atoms with van der Waals surface area (Å²) in [6, 6.07) is 3.82. The third-order valence-corrected chi connectivity index (χ3v) is 3.88. The molecule has 0 amide bonds. The number of carboxylic acids is 1. The summed E-state index contributed by atoms with van der Waals surface area (Å²) >= 11 is 1.76. The lowest BCUT2D eigenvalue weighted by Crippen LogP contribution is -2.47. The van der Waals surface area contributed by atoms with Gasteiger partial charge in [-0.3, -0.25) is 4.79 Å². The van der Waals surface area contributed by atoms with Gasteiger partial charge in [0.15, 0.2) is 0 Å². The molecule has 17 heavy (non-hydrogen) atoms. The molecule has 96 valence electrons. The van der Waals surface area contributed by atoms with Crippen LogP contribution in [0.2, 0.25) is 0 Å². The van der Waals surface area contributed by atoms with Crippen molar-refractivity contribution in [2.45, 2.75) is 31.1 Å². The highest BCUT2D eigenvalue weighted by atomic mass is 32.2. The van der Waals surface area contributed by atoms with E-state index in [4.69, 9.17) is 9.52 Å². The van der Waals surface area contributed by atoms with Gasteiger partial charge in [0, 0.05) is 0 Å². The highest BCUT2D eigenvalue weighted by molar-refractivity contribution is 7.98. The van der Waals surface area contributed by atoms with Crippen molar-refractivity contribution < 1.29 is 14.3 Å². The number of carboxylic acid groups (broad SMARTS) is 1. The summed E-state index contributed by atoms with van der Waals surface area (Å²) in [7, 11) is 1.68. The summed E-state index contributed by atoms with van der Waals surface area (Å²) in [5.41, 5.74) is -0.814. The van der Waals surface area contributed by atoms with Crippen LogP contribution in [-0.4, -0.2) is 29.4 Å². The number of furan rings is 1. The molecule has 0 aromatic carbocycles. The Morgan fingerprint density at radius 1 is 1.65 bits per heavy atom. The molecule has 0 aliphatic carbocycles. The summed E-state index contributed by atoms with van der Waals surface area (Å²) in [4.78, 5) is 11.0. The Morgan fingerprint density at radius 2 is 2.41 bits per heavy atom. The fraction of sp³-hybridized carbons (Fsp3) is 0.583. The van der Waals surface area contributed by atoms with Crippen molar-refractivity contribution in [3.63, 3.8) is 0 Å². The van der Waals surface area contributed by atoms with Gasteiger partial charge in [-0.05, 0) is 44.7 Å². The van der Waals surface area contributed by atoms with E-state index < -0.39 is 11.5 Å². The molecule has 5 heteroatoms. The molecular formula is C12H19NO3S. The van der Waals surface area contributed by atoms with Crippen LogP contribution in [0.5, 0.6) is 0 Å². The lowest BCUT2D eigenvalue weighted by molar-refractivity contribution is -0.144. The van der Waals surface area contributed by atoms with E-state index in [1.165, 1.54) is 0 Å². The average molecular weight is 257 g/mol. The Morgan fingerprint density at radius 3 is 2.94 bits per heavy atom. The van der Waals surface area contributed by atoms with Gasteiger partial charge in [0.1, 0.15) is 11.3 Å². The first-order chi connectivity index (χ1) is 8.08. The van der Waals surface area contributed by atoms with Gasteiger partial charge in [0.25, 0.3) is 0 Å². The Balaban J connectivity index is 2.17. The maximum atomic E-state index is 11.0. The summed E-state index contributed by atoms with van der Waals surface area (Å²) < 4.78 is 5.21. The molecule has 0 radical (unpaired) electrons. The van der Waals surface area contributed by atoms with Gasteiger partial charge in [-0.15, -0.1) is 0 Å². The first-order valence-electron chi connectivity index (χ1n) is 5.61. The van der Waals surface area contributed by atoms with Gasteiger partial charge in [-0.25, -0.2) is 0 Å². The highest BCUT2D eigenvalue weighted by Gasteiger charge is 2.29. The summed E-state index contributed by atoms with van der Waals surface area (Å²) in [5, 5.41) is 11.9. The van der Waals surface area contributed by atoms with Crippen molar-refractivity contribution in [3.8, 4) is 0 Å². The zero-order valence-corrected chi connectivity index (χ0v) is 11.0. The van der Waals surface area contributed by atoms with Crippen molar-refractivity contribution >= 4 is 17.7 Å². The van der Waals surface area contributed by atoms with E-state index in [9.17, 15) is 4.79 Å². The first kappa shape index (κ1) is 14.1. The van der Waals surface area contributed by atoms with Crippen LogP contribution in [-0.2, 0) is 10.5 Å². The molecule has 0 saturated heterocycles. The number of nitrogens with one attached hydrogen (secondary N) is 1. The molecule has 0 saturated carbocycles. The third-order valence-electron chi connectivity index (χ3n) is 2.81. The van der Waals surface area contributed by atoms with Crippen molar-refractivity contribution in [2.75, 3.05) is 12.8 Å². The van der Waals surface area contributed by atoms with Crippen molar-refractivity contribution in [3.05, 3.63) is 24.2 Å². The Hall–Kier alpha value is -0.940. The monoisotopic (exact) mass is 257 g/mol. The minimum atomic E-state index is -0.814. The van der Waals surface area contributed by atoms with Gasteiger partial charge in [0.2, 0.25) is 0 Å². The molecule has 0 aliphatic rings.